The van der Waals surface area contributed by atoms with Crippen molar-refractivity contribution in [1.82, 2.24) is 0 Å². The fraction of sp³-hybridized carbons (Fsp3) is 0.562. The summed E-state index contributed by atoms with van der Waals surface area (Å²) in [7, 11) is -2.89. The summed E-state index contributed by atoms with van der Waals surface area (Å²) in [6.45, 7) is 7.31. The summed E-state index contributed by atoms with van der Waals surface area (Å²) in [5.74, 6) is 0.990. The second kappa shape index (κ2) is 5.89. The molecule has 120 valence electrons. The molecule has 1 saturated heterocycles. The Balaban J connectivity index is 1.81. The highest BCUT2D eigenvalue weighted by molar-refractivity contribution is 8.15. The largest absolute Gasteiger partial charge is 0.322 e. The fourth-order valence-electron chi connectivity index (χ4n) is 2.94. The lowest BCUT2D eigenvalue weighted by Crippen LogP contribution is -2.28. The molecule has 2 aliphatic heterocycles. The average Bonchev–Trinajstić information content (AvgIpc) is 2.93. The molecule has 2 atom stereocenters. The van der Waals surface area contributed by atoms with Crippen LogP contribution in [0, 0.1) is 0 Å². The first kappa shape index (κ1) is 15.9. The number of fused-ring (bicyclic) bond motifs is 1. The van der Waals surface area contributed by atoms with Crippen molar-refractivity contribution in [2.24, 2.45) is 4.99 Å². The predicted molar refractivity (Wildman–Crippen MR) is 94.8 cm³/mol. The molecule has 0 aromatic heterocycles. The molecule has 2 heterocycles. The van der Waals surface area contributed by atoms with Crippen LogP contribution in [-0.2, 0) is 9.84 Å². The number of hydrogen-bond acceptors (Lipinski definition) is 5. The molecule has 22 heavy (non-hydrogen) atoms. The predicted octanol–water partition coefficient (Wildman–Crippen LogP) is 2.90. The molecular weight excluding hydrogens is 316 g/mol. The Bertz CT molecular complexity index is 681. The van der Waals surface area contributed by atoms with E-state index >= 15 is 0 Å². The lowest BCUT2D eigenvalue weighted by molar-refractivity contribution is 0.601. The van der Waals surface area contributed by atoms with Gasteiger partial charge in [-0.15, -0.1) is 0 Å². The van der Waals surface area contributed by atoms with Gasteiger partial charge in [0.1, 0.15) is 0 Å². The Morgan fingerprint density at radius 3 is 2.50 bits per heavy atom. The van der Waals surface area contributed by atoms with Gasteiger partial charge in [-0.2, -0.15) is 0 Å². The summed E-state index contributed by atoms with van der Waals surface area (Å²) in [5, 5.41) is 1.06. The summed E-state index contributed by atoms with van der Waals surface area (Å²) in [6, 6.07) is 8.52. The summed E-state index contributed by atoms with van der Waals surface area (Å²) < 4.78 is 23.3. The number of rotatable bonds is 3. The number of amidine groups is 1. The molecule has 0 amide bonds. The molecule has 1 aromatic carbocycles. The number of thioether (sulfide) groups is 1. The van der Waals surface area contributed by atoms with Gasteiger partial charge in [-0.3, -0.25) is 4.99 Å². The van der Waals surface area contributed by atoms with Gasteiger partial charge in [-0.25, -0.2) is 8.42 Å². The van der Waals surface area contributed by atoms with Crippen LogP contribution in [0.5, 0.6) is 0 Å². The Hall–Kier alpha value is -1.01. The van der Waals surface area contributed by atoms with Gasteiger partial charge in [-0.05, 0) is 30.5 Å². The Kier molecular flexibility index (Phi) is 4.25. The number of benzene rings is 1. The first-order valence-corrected chi connectivity index (χ1v) is 10.4. The Labute approximate surface area is 136 Å². The first-order valence-electron chi connectivity index (χ1n) is 7.72. The van der Waals surface area contributed by atoms with Crippen LogP contribution < -0.4 is 4.90 Å². The maximum atomic E-state index is 11.7. The number of anilines is 1. The van der Waals surface area contributed by atoms with E-state index in [2.05, 4.69) is 54.9 Å². The van der Waals surface area contributed by atoms with E-state index in [9.17, 15) is 8.42 Å². The van der Waals surface area contributed by atoms with E-state index in [-0.39, 0.29) is 22.8 Å². The van der Waals surface area contributed by atoms with Crippen molar-refractivity contribution in [2.45, 2.75) is 38.0 Å². The van der Waals surface area contributed by atoms with Crippen molar-refractivity contribution >= 4 is 32.5 Å². The van der Waals surface area contributed by atoms with Crippen molar-refractivity contribution in [3.8, 4) is 0 Å². The number of nitrogens with zero attached hydrogens (tertiary/aromatic N) is 2. The van der Waals surface area contributed by atoms with Gasteiger partial charge in [0.05, 0.1) is 17.5 Å². The summed E-state index contributed by atoms with van der Waals surface area (Å²) in [5.41, 5.74) is 2.45. The topological polar surface area (TPSA) is 49.7 Å². The third kappa shape index (κ3) is 3.04. The van der Waals surface area contributed by atoms with Crippen LogP contribution in [0.15, 0.2) is 29.3 Å². The average molecular weight is 338 g/mol. The normalized spacial score (nSPS) is 26.1. The van der Waals surface area contributed by atoms with E-state index < -0.39 is 9.84 Å². The standard InChI is InChI=1S/C16H22N2O2S2/c1-4-18(13-7-5-12(6-8-13)11(2)3)16-17-14-9-22(19,20)10-15(14)21-16/h5-8,11,14-15H,4,9-10H2,1-3H3. The lowest BCUT2D eigenvalue weighted by atomic mass is 10.0. The molecule has 0 N–H and O–H groups in total. The fourth-order valence-corrected chi connectivity index (χ4v) is 6.78. The van der Waals surface area contributed by atoms with Crippen LogP contribution >= 0.6 is 11.8 Å². The molecule has 0 bridgehead atoms. The molecule has 1 aromatic rings. The third-order valence-corrected chi connectivity index (χ3v) is 7.47. The minimum atomic E-state index is -2.89. The number of aliphatic imine (C=N–C) groups is 1. The van der Waals surface area contributed by atoms with Crippen LogP contribution in [-0.4, -0.2) is 42.9 Å². The molecular formula is C16H22N2O2S2. The molecule has 2 aliphatic rings. The summed E-state index contributed by atoms with van der Waals surface area (Å²) in [4.78, 5) is 6.86. The molecule has 0 spiro atoms. The molecule has 0 aliphatic carbocycles. The summed E-state index contributed by atoms with van der Waals surface area (Å²) in [6.07, 6.45) is 0. The second-order valence-corrected chi connectivity index (χ2v) is 9.56. The zero-order valence-corrected chi connectivity index (χ0v) is 14.8. The Morgan fingerprint density at radius 2 is 1.95 bits per heavy atom. The molecule has 0 radical (unpaired) electrons. The highest BCUT2D eigenvalue weighted by Crippen LogP contribution is 2.36. The van der Waals surface area contributed by atoms with Crippen molar-refractivity contribution in [2.75, 3.05) is 23.0 Å². The van der Waals surface area contributed by atoms with Crippen molar-refractivity contribution in [1.29, 1.82) is 0 Å². The van der Waals surface area contributed by atoms with E-state index in [1.807, 2.05) is 0 Å². The quantitative estimate of drug-likeness (QED) is 0.850. The molecule has 4 nitrogen and oxygen atoms in total. The van der Waals surface area contributed by atoms with Gasteiger partial charge in [0.2, 0.25) is 0 Å². The molecule has 6 heteroatoms. The molecule has 2 unspecified atom stereocenters. The van der Waals surface area contributed by atoms with E-state index in [4.69, 9.17) is 0 Å². The van der Waals surface area contributed by atoms with Crippen LogP contribution in [0.4, 0.5) is 5.69 Å². The maximum absolute atomic E-state index is 11.7. The third-order valence-electron chi connectivity index (χ3n) is 4.22. The van der Waals surface area contributed by atoms with E-state index in [0.717, 1.165) is 17.4 Å². The number of sulfone groups is 1. The van der Waals surface area contributed by atoms with Gasteiger partial charge >= 0.3 is 0 Å². The van der Waals surface area contributed by atoms with Gasteiger partial charge < -0.3 is 4.90 Å². The SMILES string of the molecule is CCN(C1=NC2CS(=O)(=O)CC2S1)c1ccc(C(C)C)cc1. The van der Waals surface area contributed by atoms with Gasteiger partial charge in [0.15, 0.2) is 15.0 Å². The monoisotopic (exact) mass is 338 g/mol. The van der Waals surface area contributed by atoms with Gasteiger partial charge in [0.25, 0.3) is 0 Å². The Morgan fingerprint density at radius 1 is 1.27 bits per heavy atom. The van der Waals surface area contributed by atoms with E-state index in [0.29, 0.717) is 5.92 Å². The number of hydrogen-bond donors (Lipinski definition) is 0. The van der Waals surface area contributed by atoms with Crippen LogP contribution in [0.3, 0.4) is 0 Å². The second-order valence-electron chi connectivity index (χ2n) is 6.20. The smallest absolute Gasteiger partial charge is 0.164 e. The zero-order valence-electron chi connectivity index (χ0n) is 13.2. The minimum absolute atomic E-state index is 0.0611. The van der Waals surface area contributed by atoms with E-state index in [1.54, 1.807) is 11.8 Å². The highest BCUT2D eigenvalue weighted by Gasteiger charge is 2.43. The van der Waals surface area contributed by atoms with Crippen molar-refractivity contribution < 1.29 is 8.42 Å². The van der Waals surface area contributed by atoms with Crippen molar-refractivity contribution in [3.63, 3.8) is 0 Å². The van der Waals surface area contributed by atoms with Gasteiger partial charge in [-0.1, -0.05) is 37.7 Å². The zero-order chi connectivity index (χ0) is 15.9. The molecule has 0 saturated carbocycles. The lowest BCUT2D eigenvalue weighted by Gasteiger charge is -2.23. The molecule has 1 fully saturated rings. The highest BCUT2D eigenvalue weighted by atomic mass is 32.2. The van der Waals surface area contributed by atoms with Crippen molar-refractivity contribution in [3.05, 3.63) is 29.8 Å². The van der Waals surface area contributed by atoms with Crippen LogP contribution in [0.1, 0.15) is 32.3 Å². The maximum Gasteiger partial charge on any atom is 0.164 e. The molecule has 3 rings (SSSR count). The van der Waals surface area contributed by atoms with Crippen LogP contribution in [0.25, 0.3) is 0 Å². The minimum Gasteiger partial charge on any atom is -0.322 e. The van der Waals surface area contributed by atoms with Crippen LogP contribution in [0.2, 0.25) is 0 Å². The van der Waals surface area contributed by atoms with E-state index in [1.165, 1.54) is 5.56 Å². The summed E-state index contributed by atoms with van der Waals surface area (Å²) >= 11 is 1.62. The first-order chi connectivity index (χ1) is 10.4. The van der Waals surface area contributed by atoms with Gasteiger partial charge in [0, 0.05) is 17.5 Å².